The Kier molecular flexibility index (Phi) is 25.5. The fraction of sp³-hybridized carbons (Fsp3) is 0.379. The van der Waals surface area contributed by atoms with Crippen LogP contribution in [0.15, 0.2) is 97.1 Å². The van der Waals surface area contributed by atoms with Gasteiger partial charge in [-0.15, -0.1) is 0 Å². The number of halogens is 8. The molecule has 0 radical (unpaired) electrons. The molecule has 0 saturated heterocycles. The van der Waals surface area contributed by atoms with Gasteiger partial charge in [0.05, 0.1) is 52.9 Å². The fourth-order valence-electron chi connectivity index (χ4n) is 8.78. The molecule has 22 rings (SSSR count). The summed E-state index contributed by atoms with van der Waals surface area (Å²) in [7, 11) is 0. The number of hydrogen-bond donors (Lipinski definition) is 0. The van der Waals surface area contributed by atoms with Gasteiger partial charge in [-0.05, 0) is 70.8 Å². The van der Waals surface area contributed by atoms with E-state index in [1.54, 1.807) is 0 Å². The topological polar surface area (TPSA) is 73.8 Å². The molecule has 12 bridgehead atoms. The van der Waals surface area contributed by atoms with E-state index in [4.69, 9.17) is 37.9 Å². The maximum atomic E-state index is 6.54. The highest BCUT2D eigenvalue weighted by Gasteiger charge is 2.22. The third kappa shape index (κ3) is 17.3. The van der Waals surface area contributed by atoms with Crippen LogP contribution in [0.2, 0.25) is 0 Å². The summed E-state index contributed by atoms with van der Waals surface area (Å²) < 4.78 is 52.2. The minimum absolute atomic E-state index is 0.503. The molecule has 8 nitrogen and oxygen atoms in total. The second-order valence-electron chi connectivity index (χ2n) is 17.3. The molecule has 0 atom stereocenters. The highest BCUT2D eigenvalue weighted by atomic mass is 79.9. The van der Waals surface area contributed by atoms with Crippen LogP contribution in [0.5, 0.6) is 46.0 Å². The van der Waals surface area contributed by atoms with Gasteiger partial charge in [0.25, 0.3) is 0 Å². The Morgan fingerprint density at radius 2 is 0.351 bits per heavy atom. The van der Waals surface area contributed by atoms with Gasteiger partial charge in [0.15, 0.2) is 0 Å². The van der Waals surface area contributed by atoms with Gasteiger partial charge in [-0.1, -0.05) is 176 Å². The highest BCUT2D eigenvalue weighted by Crippen LogP contribution is 2.40. The van der Waals surface area contributed by atoms with E-state index in [2.05, 4.69) is 225 Å². The Bertz CT molecular complexity index is 2340. The SMILES string of the molecule is BrCCOc1cc2c(OCCBr)cc1Cc1ccc(cc1)Cc1cc(OCCBr)c(cc1OCCBr)Cc1cc(OCCBr)c(cc1OCCBr)Cc1ccc(cc1)Cc1cc(OCCBr)c(cc1OCCBr)C2. The zero-order valence-corrected chi connectivity index (χ0v) is 53.8. The van der Waals surface area contributed by atoms with Gasteiger partial charge in [-0.25, -0.2) is 0 Å². The second-order valence-corrected chi connectivity index (χ2v) is 23.6. The first kappa shape index (κ1) is 59.2. The zero-order chi connectivity index (χ0) is 52.1. The summed E-state index contributed by atoms with van der Waals surface area (Å²) in [6, 6.07) is 34.8. The molecular weight excluding hydrogens is 1460 g/mol. The molecule has 0 aliphatic heterocycles. The first-order valence-corrected chi connectivity index (χ1v) is 33.6. The molecule has 16 heteroatoms. The second kappa shape index (κ2) is 31.8. The molecule has 6 aromatic rings. The summed E-state index contributed by atoms with van der Waals surface area (Å²) in [6.07, 6.45) is 3.65. The van der Waals surface area contributed by atoms with Crippen LogP contribution in [0.1, 0.15) is 66.8 Å². The van der Waals surface area contributed by atoms with Crippen LogP contribution in [0.4, 0.5) is 0 Å². The van der Waals surface area contributed by atoms with Crippen LogP contribution in [0, 0.1) is 0 Å². The van der Waals surface area contributed by atoms with Gasteiger partial charge in [-0.3, -0.25) is 0 Å². The summed E-state index contributed by atoms with van der Waals surface area (Å²) >= 11 is 28.8. The van der Waals surface area contributed by atoms with Gasteiger partial charge in [-0.2, -0.15) is 0 Å². The summed E-state index contributed by atoms with van der Waals surface area (Å²) in [4.78, 5) is 0. The third-order valence-corrected chi connectivity index (χ3v) is 14.6. The van der Waals surface area contributed by atoms with E-state index < -0.39 is 0 Å². The van der Waals surface area contributed by atoms with Crippen molar-refractivity contribution in [2.75, 3.05) is 95.5 Å². The van der Waals surface area contributed by atoms with Crippen molar-refractivity contribution >= 4 is 127 Å². The Morgan fingerprint density at radius 3 is 0.486 bits per heavy atom. The molecule has 0 N–H and O–H groups in total. The maximum Gasteiger partial charge on any atom is 0.123 e. The number of hydrogen-bond acceptors (Lipinski definition) is 8. The van der Waals surface area contributed by atoms with Crippen LogP contribution in [0.3, 0.4) is 0 Å². The van der Waals surface area contributed by atoms with Crippen molar-refractivity contribution < 1.29 is 37.9 Å². The van der Waals surface area contributed by atoms with Gasteiger partial charge in [0.1, 0.15) is 46.0 Å². The van der Waals surface area contributed by atoms with Crippen LogP contribution < -0.4 is 37.9 Å². The lowest BCUT2D eigenvalue weighted by Crippen LogP contribution is -2.09. The van der Waals surface area contributed by atoms with E-state index in [0.717, 1.165) is 113 Å². The summed E-state index contributed by atoms with van der Waals surface area (Å²) in [6.45, 7) is 4.06. The number of rotatable bonds is 24. The molecule has 6 aromatic carbocycles. The third-order valence-electron chi connectivity index (χ3n) is 12.0. The maximum absolute atomic E-state index is 6.54. The zero-order valence-electron chi connectivity index (χ0n) is 41.1. The average Bonchev–Trinajstić information content (AvgIpc) is 3.41. The largest absolute Gasteiger partial charge is 0.492 e. The van der Waals surface area contributed by atoms with Crippen molar-refractivity contribution in [2.24, 2.45) is 0 Å². The first-order chi connectivity index (χ1) is 36.3. The minimum Gasteiger partial charge on any atom is -0.492 e. The Balaban J connectivity index is 1.40. The van der Waals surface area contributed by atoms with E-state index in [1.165, 1.54) is 0 Å². The lowest BCUT2D eigenvalue weighted by Gasteiger charge is -2.21. The van der Waals surface area contributed by atoms with Gasteiger partial charge >= 0.3 is 0 Å². The molecule has 16 aliphatic rings. The van der Waals surface area contributed by atoms with Crippen molar-refractivity contribution in [3.63, 3.8) is 0 Å². The minimum atomic E-state index is 0.503. The molecular formula is C58H60Br8O8. The van der Waals surface area contributed by atoms with Crippen molar-refractivity contribution in [1.29, 1.82) is 0 Å². The Hall–Kier alpha value is -2.44. The predicted octanol–water partition coefficient (Wildman–Crippen LogP) is 15.7. The van der Waals surface area contributed by atoms with Crippen LogP contribution >= 0.6 is 127 Å². The smallest absolute Gasteiger partial charge is 0.123 e. The first-order valence-electron chi connectivity index (χ1n) is 24.6. The number of benzene rings is 6. The lowest BCUT2D eigenvalue weighted by molar-refractivity contribution is 0.326. The highest BCUT2D eigenvalue weighted by molar-refractivity contribution is 9.10. The van der Waals surface area contributed by atoms with Crippen LogP contribution in [-0.4, -0.2) is 95.5 Å². The average molecular weight is 1520 g/mol. The summed E-state index contributed by atoms with van der Waals surface area (Å²) in [5, 5.41) is 5.53. The van der Waals surface area contributed by atoms with Crippen molar-refractivity contribution in [1.82, 2.24) is 0 Å². The normalized spacial score (nSPS) is 12.3. The molecule has 0 heterocycles. The quantitative estimate of drug-likeness (QED) is 0.0554. The summed E-state index contributed by atoms with van der Waals surface area (Å²) in [5.41, 5.74) is 12.7. The van der Waals surface area contributed by atoms with E-state index in [9.17, 15) is 0 Å². The van der Waals surface area contributed by atoms with Crippen molar-refractivity contribution in [3.8, 4) is 46.0 Å². The number of alkyl halides is 8. The van der Waals surface area contributed by atoms with Gasteiger partial charge in [0, 0.05) is 126 Å². The molecule has 74 heavy (non-hydrogen) atoms. The van der Waals surface area contributed by atoms with Crippen molar-refractivity contribution in [2.45, 2.75) is 38.5 Å². The predicted molar refractivity (Wildman–Crippen MR) is 330 cm³/mol. The van der Waals surface area contributed by atoms with E-state index in [-0.39, 0.29) is 0 Å². The molecule has 0 fully saturated rings. The molecule has 0 spiro atoms. The summed E-state index contributed by atoms with van der Waals surface area (Å²) in [5.74, 6) is 6.49. The van der Waals surface area contributed by atoms with Crippen LogP contribution in [-0.2, 0) is 38.5 Å². The molecule has 0 amide bonds. The van der Waals surface area contributed by atoms with Crippen molar-refractivity contribution in [3.05, 3.63) is 164 Å². The molecule has 0 aromatic heterocycles. The van der Waals surface area contributed by atoms with E-state index in [0.29, 0.717) is 134 Å². The van der Waals surface area contributed by atoms with E-state index >= 15 is 0 Å². The fourth-order valence-corrected chi connectivity index (χ4v) is 10.1. The monoisotopic (exact) mass is 1520 g/mol. The molecule has 0 saturated carbocycles. The van der Waals surface area contributed by atoms with Gasteiger partial charge < -0.3 is 37.9 Å². The molecule has 0 unspecified atom stereocenters. The molecule has 396 valence electrons. The lowest BCUT2D eigenvalue weighted by atomic mass is 9.93. The van der Waals surface area contributed by atoms with Crippen LogP contribution in [0.25, 0.3) is 0 Å². The molecule has 16 aliphatic carbocycles. The number of ether oxygens (including phenoxy) is 8. The Labute approximate surface area is 504 Å². The van der Waals surface area contributed by atoms with Gasteiger partial charge in [0.2, 0.25) is 0 Å². The standard InChI is InChI=1S/C58H60Br8O8/c59-9-17-67-51-35-47-29-49-37-53(69-19-11-61)45(33-57(49)73-23-15-65)27-41-5-7-42(8-6-41)28-46-34-58(74-24-16-66)50(38-54(46)70-20-12-62)30-48-36-52(68-18-10-60)44(32-56(48)72-22-14-64)26-40-2-1-39(3-4-40)25-43(51)31-55(47)71-21-13-63/h1-8,31-38H,9-30H2. The van der Waals surface area contributed by atoms with E-state index in [1.807, 2.05) is 0 Å². The Morgan fingerprint density at radius 1 is 0.216 bits per heavy atom.